The molecule has 2 N–H and O–H groups in total. The minimum Gasteiger partial charge on any atom is -0.491 e. The third-order valence-electron chi connectivity index (χ3n) is 8.02. The molecule has 0 bridgehead atoms. The van der Waals surface area contributed by atoms with Gasteiger partial charge in [0.15, 0.2) is 5.78 Å². The Morgan fingerprint density at radius 2 is 1.26 bits per heavy atom. The fraction of sp³-hybridized carbons (Fsp3) is 0.361. The molecule has 2 aliphatic rings. The van der Waals surface area contributed by atoms with Gasteiger partial charge in [0.05, 0.1) is 5.56 Å². The number of carbonyl (C=O) groups excluding carboxylic acids is 1. The molecule has 5 rings (SSSR count). The average molecular weight is 583 g/mol. The highest BCUT2D eigenvalue weighted by Gasteiger charge is 2.19. The monoisotopic (exact) mass is 582 g/mol. The van der Waals surface area contributed by atoms with Crippen molar-refractivity contribution in [3.05, 3.63) is 108 Å². The van der Waals surface area contributed by atoms with Gasteiger partial charge in [-0.25, -0.2) is 0 Å². The summed E-state index contributed by atoms with van der Waals surface area (Å²) in [6, 6.07) is 25.9. The maximum atomic E-state index is 12.4. The summed E-state index contributed by atoms with van der Waals surface area (Å²) >= 11 is 0. The summed E-state index contributed by atoms with van der Waals surface area (Å²) in [4.78, 5) is 16.8. The summed E-state index contributed by atoms with van der Waals surface area (Å²) in [7, 11) is 0. The van der Waals surface area contributed by atoms with Crippen LogP contribution in [0.3, 0.4) is 0 Å². The van der Waals surface area contributed by atoms with Gasteiger partial charge in [-0.2, -0.15) is 0 Å². The standard InChI is InChI=1S/C36H42N2O5/c1-27(39)35-22-34(42-25-32(40)23-37-18-14-30(15-19-37)28-8-4-2-5-9-28)12-13-36(35)43-26-33(41)24-38-20-16-31(17-21-38)29-10-6-3-7-11-29/h2-14,16,22,32-33,40-41H,15,17-21,23-26H2,1H3. The number of ketones is 1. The first-order valence-corrected chi connectivity index (χ1v) is 15.1. The lowest BCUT2D eigenvalue weighted by Crippen LogP contribution is -2.38. The zero-order valence-electron chi connectivity index (χ0n) is 24.9. The van der Waals surface area contributed by atoms with Crippen LogP contribution in [-0.4, -0.2) is 90.5 Å². The first-order valence-electron chi connectivity index (χ1n) is 15.1. The third kappa shape index (κ3) is 8.88. The number of rotatable bonds is 13. The number of β-amino-alcohol motifs (C(OH)–C–C–N with tert-alkyl or cyclic N) is 2. The van der Waals surface area contributed by atoms with E-state index in [1.807, 2.05) is 12.1 Å². The highest BCUT2D eigenvalue weighted by molar-refractivity contribution is 5.97. The number of ether oxygens (including phenoxy) is 2. The molecule has 0 aromatic heterocycles. The molecule has 0 radical (unpaired) electrons. The average Bonchev–Trinajstić information content (AvgIpc) is 3.04. The van der Waals surface area contributed by atoms with E-state index in [1.165, 1.54) is 29.2 Å². The van der Waals surface area contributed by atoms with Crippen molar-refractivity contribution in [1.82, 2.24) is 9.80 Å². The van der Waals surface area contributed by atoms with Gasteiger partial charge in [-0.1, -0.05) is 72.8 Å². The van der Waals surface area contributed by atoms with Crippen LogP contribution in [0.25, 0.3) is 11.1 Å². The normalized spacial score (nSPS) is 17.5. The summed E-state index contributed by atoms with van der Waals surface area (Å²) in [6.07, 6.45) is 4.98. The molecular weight excluding hydrogens is 540 g/mol. The van der Waals surface area contributed by atoms with E-state index in [1.54, 1.807) is 18.2 Å². The molecule has 0 aliphatic carbocycles. The fourth-order valence-electron chi connectivity index (χ4n) is 5.66. The summed E-state index contributed by atoms with van der Waals surface area (Å²) in [6.45, 7) is 6.02. The highest BCUT2D eigenvalue weighted by Crippen LogP contribution is 2.26. The molecule has 2 heterocycles. The number of benzene rings is 3. The van der Waals surface area contributed by atoms with Gasteiger partial charge < -0.3 is 19.7 Å². The Balaban J connectivity index is 1.06. The zero-order chi connectivity index (χ0) is 30.0. The lowest BCUT2D eigenvalue weighted by molar-refractivity contribution is 0.0696. The summed E-state index contributed by atoms with van der Waals surface area (Å²) in [5, 5.41) is 21.3. The van der Waals surface area contributed by atoms with Crippen LogP contribution in [0.15, 0.2) is 91.0 Å². The van der Waals surface area contributed by atoms with Crippen molar-refractivity contribution in [2.75, 3.05) is 52.5 Å². The first-order chi connectivity index (χ1) is 20.9. The van der Waals surface area contributed by atoms with E-state index in [9.17, 15) is 15.0 Å². The van der Waals surface area contributed by atoms with Crippen LogP contribution in [0.4, 0.5) is 0 Å². The molecule has 0 spiro atoms. The molecular formula is C36H42N2O5. The Hall–Kier alpha value is -3.75. The Morgan fingerprint density at radius 3 is 1.72 bits per heavy atom. The maximum absolute atomic E-state index is 12.4. The Kier molecular flexibility index (Phi) is 10.8. The van der Waals surface area contributed by atoms with Crippen LogP contribution in [0.2, 0.25) is 0 Å². The molecule has 2 atom stereocenters. The molecule has 0 saturated heterocycles. The molecule has 0 fully saturated rings. The van der Waals surface area contributed by atoms with Crippen molar-refractivity contribution in [1.29, 1.82) is 0 Å². The predicted octanol–water partition coefficient (Wildman–Crippen LogP) is 4.95. The van der Waals surface area contributed by atoms with Crippen LogP contribution in [0, 0.1) is 0 Å². The molecule has 7 heteroatoms. The van der Waals surface area contributed by atoms with E-state index in [-0.39, 0.29) is 19.0 Å². The van der Waals surface area contributed by atoms with Crippen molar-refractivity contribution in [2.45, 2.75) is 32.0 Å². The molecule has 2 aliphatic heterocycles. The summed E-state index contributed by atoms with van der Waals surface area (Å²) in [5.74, 6) is 0.759. The molecule has 7 nitrogen and oxygen atoms in total. The van der Waals surface area contributed by atoms with Gasteiger partial charge in [0.25, 0.3) is 0 Å². The van der Waals surface area contributed by atoms with Crippen LogP contribution in [0.5, 0.6) is 11.5 Å². The van der Waals surface area contributed by atoms with Crippen LogP contribution in [-0.2, 0) is 0 Å². The number of hydrogen-bond donors (Lipinski definition) is 2. The topological polar surface area (TPSA) is 82.5 Å². The number of nitrogens with zero attached hydrogens (tertiary/aromatic N) is 2. The molecule has 226 valence electrons. The van der Waals surface area contributed by atoms with Crippen molar-refractivity contribution in [2.24, 2.45) is 0 Å². The molecule has 2 unspecified atom stereocenters. The number of Topliss-reactive ketones (excluding diaryl/α,β-unsaturated/α-hetero) is 1. The van der Waals surface area contributed by atoms with E-state index in [4.69, 9.17) is 9.47 Å². The maximum Gasteiger partial charge on any atom is 0.163 e. The van der Waals surface area contributed by atoms with Crippen molar-refractivity contribution >= 4 is 16.9 Å². The molecule has 3 aromatic rings. The number of aliphatic hydroxyl groups is 2. The Morgan fingerprint density at radius 1 is 0.744 bits per heavy atom. The van der Waals surface area contributed by atoms with Crippen LogP contribution >= 0.6 is 0 Å². The van der Waals surface area contributed by atoms with Crippen molar-refractivity contribution < 1.29 is 24.5 Å². The van der Waals surface area contributed by atoms with Crippen LogP contribution in [0.1, 0.15) is 41.3 Å². The second-order valence-electron chi connectivity index (χ2n) is 11.4. The SMILES string of the molecule is CC(=O)c1cc(OCC(O)CN2CC=C(c3ccccc3)CC2)ccc1OCC(O)CN1CC=C(c2ccccc2)CC1. The molecule has 0 amide bonds. The van der Waals surface area contributed by atoms with Crippen molar-refractivity contribution in [3.63, 3.8) is 0 Å². The van der Waals surface area contributed by atoms with E-state index < -0.39 is 12.2 Å². The van der Waals surface area contributed by atoms with Gasteiger partial charge in [0, 0.05) is 39.3 Å². The largest absolute Gasteiger partial charge is 0.491 e. The number of hydrogen-bond acceptors (Lipinski definition) is 7. The number of carbonyl (C=O) groups is 1. The van der Waals surface area contributed by atoms with E-state index in [2.05, 4.69) is 70.5 Å². The Bertz CT molecular complexity index is 1410. The first kappa shape index (κ1) is 30.7. The van der Waals surface area contributed by atoms with Crippen LogP contribution < -0.4 is 9.47 Å². The summed E-state index contributed by atoms with van der Waals surface area (Å²) in [5.41, 5.74) is 5.58. The highest BCUT2D eigenvalue weighted by atomic mass is 16.5. The number of aliphatic hydroxyl groups excluding tert-OH is 2. The predicted molar refractivity (Wildman–Crippen MR) is 170 cm³/mol. The lowest BCUT2D eigenvalue weighted by atomic mass is 9.99. The quantitative estimate of drug-likeness (QED) is 0.276. The lowest BCUT2D eigenvalue weighted by Gasteiger charge is -2.28. The fourth-order valence-corrected chi connectivity index (χ4v) is 5.66. The molecule has 43 heavy (non-hydrogen) atoms. The summed E-state index contributed by atoms with van der Waals surface area (Å²) < 4.78 is 11.7. The smallest absolute Gasteiger partial charge is 0.163 e. The van der Waals surface area contributed by atoms with E-state index in [0.717, 1.165) is 39.0 Å². The van der Waals surface area contributed by atoms with Gasteiger partial charge in [0.2, 0.25) is 0 Å². The second-order valence-corrected chi connectivity index (χ2v) is 11.4. The van der Waals surface area contributed by atoms with Crippen molar-refractivity contribution in [3.8, 4) is 11.5 Å². The molecule has 3 aromatic carbocycles. The minimum absolute atomic E-state index is 0.0845. The van der Waals surface area contributed by atoms with Gasteiger partial charge in [-0.15, -0.1) is 0 Å². The van der Waals surface area contributed by atoms with E-state index in [0.29, 0.717) is 30.2 Å². The van der Waals surface area contributed by atoms with Gasteiger partial charge in [-0.05, 0) is 60.2 Å². The zero-order valence-corrected chi connectivity index (χ0v) is 24.9. The minimum atomic E-state index is -0.689. The van der Waals surface area contributed by atoms with Gasteiger partial charge in [-0.3, -0.25) is 14.6 Å². The molecule has 0 saturated carbocycles. The Labute approximate surface area is 254 Å². The van der Waals surface area contributed by atoms with Gasteiger partial charge in [0.1, 0.15) is 36.9 Å². The van der Waals surface area contributed by atoms with E-state index >= 15 is 0 Å². The third-order valence-corrected chi connectivity index (χ3v) is 8.02. The second kappa shape index (κ2) is 15.1. The van der Waals surface area contributed by atoms with Gasteiger partial charge >= 0.3 is 0 Å².